The Morgan fingerprint density at radius 2 is 1.90 bits per heavy atom. The summed E-state index contributed by atoms with van der Waals surface area (Å²) >= 11 is 0. The minimum absolute atomic E-state index is 0. The number of aromatic nitrogens is 1. The molecule has 2 aromatic rings. The van der Waals surface area contributed by atoms with Gasteiger partial charge in [0.1, 0.15) is 5.82 Å². The second-order valence-corrected chi connectivity index (χ2v) is 7.70. The highest BCUT2D eigenvalue weighted by Crippen LogP contribution is 2.41. The average Bonchev–Trinajstić information content (AvgIpc) is 3.49. The third-order valence-corrected chi connectivity index (χ3v) is 5.68. The highest BCUT2D eigenvalue weighted by atomic mass is 127. The lowest BCUT2D eigenvalue weighted by molar-refractivity contribution is 0.196. The van der Waals surface area contributed by atoms with E-state index in [9.17, 15) is 4.39 Å². The Balaban J connectivity index is 0.00000240. The van der Waals surface area contributed by atoms with Crippen molar-refractivity contribution < 1.29 is 4.39 Å². The largest absolute Gasteiger partial charge is 0.354 e. The van der Waals surface area contributed by atoms with E-state index >= 15 is 0 Å². The van der Waals surface area contributed by atoms with E-state index in [2.05, 4.69) is 31.6 Å². The molecule has 29 heavy (non-hydrogen) atoms. The molecule has 0 amide bonds. The Labute approximate surface area is 189 Å². The quantitative estimate of drug-likeness (QED) is 0.368. The van der Waals surface area contributed by atoms with Crippen LogP contribution in [0.4, 0.5) is 4.39 Å². The number of nitrogens with zero attached hydrogens (tertiary/aromatic N) is 3. The maximum Gasteiger partial charge on any atom is 0.191 e. The van der Waals surface area contributed by atoms with Gasteiger partial charge in [0.2, 0.25) is 0 Å². The Bertz CT molecular complexity index is 808. The van der Waals surface area contributed by atoms with Crippen molar-refractivity contribution >= 4 is 29.9 Å². The summed E-state index contributed by atoms with van der Waals surface area (Å²) in [5, 5.41) is 7.01. The van der Waals surface area contributed by atoms with E-state index in [0.29, 0.717) is 6.04 Å². The van der Waals surface area contributed by atoms with Crippen molar-refractivity contribution in [1.82, 2.24) is 20.5 Å². The van der Waals surface area contributed by atoms with Crippen LogP contribution in [0.25, 0.3) is 0 Å². The van der Waals surface area contributed by atoms with Gasteiger partial charge >= 0.3 is 0 Å². The fourth-order valence-corrected chi connectivity index (χ4v) is 3.97. The summed E-state index contributed by atoms with van der Waals surface area (Å²) in [6, 6.07) is 13.8. The zero-order chi connectivity index (χ0) is 19.3. The van der Waals surface area contributed by atoms with Gasteiger partial charge in [-0.15, -0.1) is 24.0 Å². The molecule has 2 N–H and O–H groups in total. The summed E-state index contributed by atoms with van der Waals surface area (Å²) in [6.07, 6.45) is 4.96. The molecule has 7 heteroatoms. The zero-order valence-electron chi connectivity index (χ0n) is 16.7. The summed E-state index contributed by atoms with van der Waals surface area (Å²) in [5.41, 5.74) is 1.93. The van der Waals surface area contributed by atoms with Crippen LogP contribution in [0.3, 0.4) is 0 Å². The van der Waals surface area contributed by atoms with Crippen molar-refractivity contribution in [2.24, 2.45) is 4.99 Å². The standard InChI is InChI=1S/C22H28FN5.HI/c1-24-22(27-21-14-19(21)18-7-2-3-8-20(18)23)26-16-9-12-28(13-10-16)15-17-6-4-5-11-25-17;/h2-8,11,16,19,21H,9-10,12-15H2,1H3,(H2,24,26,27);1H. The van der Waals surface area contributed by atoms with Crippen molar-refractivity contribution in [3.05, 3.63) is 65.7 Å². The summed E-state index contributed by atoms with van der Waals surface area (Å²) in [7, 11) is 1.80. The van der Waals surface area contributed by atoms with E-state index in [-0.39, 0.29) is 41.8 Å². The molecule has 2 unspecified atom stereocenters. The summed E-state index contributed by atoms with van der Waals surface area (Å²) in [5.74, 6) is 0.951. The molecular formula is C22H29FIN5. The van der Waals surface area contributed by atoms with E-state index in [4.69, 9.17) is 0 Å². The molecule has 1 aromatic carbocycles. The van der Waals surface area contributed by atoms with E-state index in [1.54, 1.807) is 13.1 Å². The summed E-state index contributed by atoms with van der Waals surface area (Å²) in [4.78, 5) is 11.2. The third kappa shape index (κ3) is 5.88. The van der Waals surface area contributed by atoms with Gasteiger partial charge in [-0.2, -0.15) is 0 Å². The molecule has 1 saturated carbocycles. The smallest absolute Gasteiger partial charge is 0.191 e. The van der Waals surface area contributed by atoms with Crippen LogP contribution in [0.5, 0.6) is 0 Å². The first-order valence-corrected chi connectivity index (χ1v) is 10.1. The number of pyridine rings is 1. The fraction of sp³-hybridized carbons (Fsp3) is 0.455. The molecule has 5 nitrogen and oxygen atoms in total. The average molecular weight is 509 g/mol. The molecule has 0 radical (unpaired) electrons. The maximum atomic E-state index is 14.0. The van der Waals surface area contributed by atoms with Crippen molar-refractivity contribution in [2.45, 2.75) is 43.8 Å². The minimum Gasteiger partial charge on any atom is -0.354 e. The van der Waals surface area contributed by atoms with Crippen molar-refractivity contribution in [2.75, 3.05) is 20.1 Å². The lowest BCUT2D eigenvalue weighted by atomic mass is 10.0. The monoisotopic (exact) mass is 509 g/mol. The Kier molecular flexibility index (Phi) is 7.83. The molecule has 1 aliphatic heterocycles. The number of likely N-dealkylation sites (tertiary alicyclic amines) is 1. The van der Waals surface area contributed by atoms with Gasteiger partial charge in [-0.05, 0) is 43.0 Å². The van der Waals surface area contributed by atoms with Crippen molar-refractivity contribution in [3.8, 4) is 0 Å². The highest BCUT2D eigenvalue weighted by Gasteiger charge is 2.40. The first kappa shape index (κ1) is 22.0. The lowest BCUT2D eigenvalue weighted by Gasteiger charge is -2.32. The van der Waals surface area contributed by atoms with Gasteiger partial charge in [0.05, 0.1) is 5.69 Å². The van der Waals surface area contributed by atoms with Crippen LogP contribution in [-0.4, -0.2) is 48.1 Å². The van der Waals surface area contributed by atoms with Crippen LogP contribution < -0.4 is 10.6 Å². The molecular weight excluding hydrogens is 480 g/mol. The van der Waals surface area contributed by atoms with Crippen molar-refractivity contribution in [3.63, 3.8) is 0 Å². The van der Waals surface area contributed by atoms with Crippen LogP contribution in [0, 0.1) is 5.82 Å². The maximum absolute atomic E-state index is 14.0. The van der Waals surface area contributed by atoms with Gasteiger partial charge in [-0.1, -0.05) is 24.3 Å². The molecule has 0 bridgehead atoms. The fourth-order valence-electron chi connectivity index (χ4n) is 3.97. The summed E-state index contributed by atoms with van der Waals surface area (Å²) < 4.78 is 14.0. The first-order valence-electron chi connectivity index (χ1n) is 10.1. The van der Waals surface area contributed by atoms with E-state index < -0.39 is 0 Å². The minimum atomic E-state index is -0.111. The molecule has 4 rings (SSSR count). The molecule has 156 valence electrons. The third-order valence-electron chi connectivity index (χ3n) is 5.68. The second-order valence-electron chi connectivity index (χ2n) is 7.70. The highest BCUT2D eigenvalue weighted by molar-refractivity contribution is 14.0. The molecule has 2 fully saturated rings. The number of rotatable bonds is 5. The number of piperidine rings is 1. The van der Waals surface area contributed by atoms with Crippen LogP contribution >= 0.6 is 24.0 Å². The second kappa shape index (κ2) is 10.3. The van der Waals surface area contributed by atoms with Gasteiger partial charge in [0, 0.05) is 50.9 Å². The van der Waals surface area contributed by atoms with E-state index in [0.717, 1.165) is 56.1 Å². The number of guanidine groups is 1. The molecule has 1 aliphatic carbocycles. The normalized spacial score (nSPS) is 22.6. The van der Waals surface area contributed by atoms with Crippen LogP contribution in [0.1, 0.15) is 36.4 Å². The molecule has 1 saturated heterocycles. The summed E-state index contributed by atoms with van der Waals surface area (Å²) in [6.45, 7) is 3.01. The molecule has 2 aliphatic rings. The van der Waals surface area contributed by atoms with Gasteiger partial charge in [0.25, 0.3) is 0 Å². The number of hydrogen-bond acceptors (Lipinski definition) is 3. The molecule has 2 atom stereocenters. The topological polar surface area (TPSA) is 52.6 Å². The van der Waals surface area contributed by atoms with E-state index in [1.165, 1.54) is 6.07 Å². The first-order chi connectivity index (χ1) is 13.7. The lowest BCUT2D eigenvalue weighted by Crippen LogP contribution is -2.49. The Morgan fingerprint density at radius 3 is 2.59 bits per heavy atom. The predicted octanol–water partition coefficient (Wildman–Crippen LogP) is 3.52. The van der Waals surface area contributed by atoms with Crippen LogP contribution in [-0.2, 0) is 6.54 Å². The Morgan fingerprint density at radius 1 is 1.14 bits per heavy atom. The number of benzene rings is 1. The zero-order valence-corrected chi connectivity index (χ0v) is 19.1. The van der Waals surface area contributed by atoms with Crippen LogP contribution in [0.2, 0.25) is 0 Å². The predicted molar refractivity (Wildman–Crippen MR) is 125 cm³/mol. The van der Waals surface area contributed by atoms with Gasteiger partial charge in [-0.3, -0.25) is 14.9 Å². The van der Waals surface area contributed by atoms with E-state index in [1.807, 2.05) is 30.5 Å². The van der Waals surface area contributed by atoms with Crippen LogP contribution in [0.15, 0.2) is 53.7 Å². The van der Waals surface area contributed by atoms with Gasteiger partial charge in [-0.25, -0.2) is 4.39 Å². The SMILES string of the molecule is CN=C(NC1CCN(Cc2ccccn2)CC1)NC1CC1c1ccccc1F.I. The van der Waals surface area contributed by atoms with Gasteiger partial charge < -0.3 is 10.6 Å². The molecule has 1 aromatic heterocycles. The molecule has 2 heterocycles. The number of nitrogens with one attached hydrogen (secondary N) is 2. The number of aliphatic imine (C=N–C) groups is 1. The number of halogens is 2. The number of hydrogen-bond donors (Lipinski definition) is 2. The van der Waals surface area contributed by atoms with Crippen molar-refractivity contribution in [1.29, 1.82) is 0 Å². The van der Waals surface area contributed by atoms with Gasteiger partial charge in [0.15, 0.2) is 5.96 Å². The molecule has 0 spiro atoms. The Hall–Kier alpha value is -1.74.